The van der Waals surface area contributed by atoms with Crippen LogP contribution in [-0.4, -0.2) is 11.9 Å². The summed E-state index contributed by atoms with van der Waals surface area (Å²) in [5.74, 6) is 0.600. The number of amides is 1. The zero-order chi connectivity index (χ0) is 14.4. The Balaban J connectivity index is 1.99. The topological polar surface area (TPSA) is 52.9 Å². The second kappa shape index (κ2) is 7.09. The molecule has 3 heteroatoms. The van der Waals surface area contributed by atoms with E-state index in [4.69, 9.17) is 5.26 Å². The van der Waals surface area contributed by atoms with E-state index in [9.17, 15) is 4.79 Å². The Kier molecular flexibility index (Phi) is 5.17. The summed E-state index contributed by atoms with van der Waals surface area (Å²) >= 11 is 0. The van der Waals surface area contributed by atoms with Gasteiger partial charge in [0.2, 0.25) is 0 Å². The highest BCUT2D eigenvalue weighted by atomic mass is 16.1. The molecule has 1 unspecified atom stereocenters. The van der Waals surface area contributed by atoms with Crippen LogP contribution < -0.4 is 5.32 Å². The summed E-state index contributed by atoms with van der Waals surface area (Å²) in [4.78, 5) is 12.3. The summed E-state index contributed by atoms with van der Waals surface area (Å²) in [5, 5.41) is 11.9. The first-order chi connectivity index (χ1) is 9.74. The maximum Gasteiger partial charge on any atom is 0.251 e. The zero-order valence-electron chi connectivity index (χ0n) is 12.1. The van der Waals surface area contributed by atoms with Crippen molar-refractivity contribution in [2.45, 2.75) is 51.5 Å². The molecule has 1 fully saturated rings. The van der Waals surface area contributed by atoms with Crippen molar-refractivity contribution in [2.24, 2.45) is 5.92 Å². The Morgan fingerprint density at radius 1 is 1.30 bits per heavy atom. The number of carbonyl (C=O) groups is 1. The minimum absolute atomic E-state index is 0.0214. The van der Waals surface area contributed by atoms with Gasteiger partial charge < -0.3 is 5.32 Å². The third-order valence-electron chi connectivity index (χ3n) is 4.25. The van der Waals surface area contributed by atoms with E-state index < -0.39 is 0 Å². The molecular formula is C17H22N2O. The second-order valence-electron chi connectivity index (χ2n) is 5.58. The lowest BCUT2D eigenvalue weighted by Gasteiger charge is -2.30. The van der Waals surface area contributed by atoms with E-state index in [1.165, 1.54) is 32.1 Å². The van der Waals surface area contributed by atoms with Gasteiger partial charge in [0.05, 0.1) is 11.6 Å². The Morgan fingerprint density at radius 2 is 1.95 bits per heavy atom. The summed E-state index contributed by atoms with van der Waals surface area (Å²) in [6, 6.07) is 9.17. The van der Waals surface area contributed by atoms with Gasteiger partial charge in [-0.25, -0.2) is 0 Å². The largest absolute Gasteiger partial charge is 0.349 e. The lowest BCUT2D eigenvalue weighted by Crippen LogP contribution is -2.40. The molecule has 0 bridgehead atoms. The predicted molar refractivity (Wildman–Crippen MR) is 79.3 cm³/mol. The average molecular weight is 270 g/mol. The van der Waals surface area contributed by atoms with Crippen LogP contribution in [0.1, 0.15) is 61.4 Å². The Hall–Kier alpha value is -1.82. The normalized spacial score (nSPS) is 17.2. The molecule has 0 aromatic heterocycles. The fraction of sp³-hybridized carbons (Fsp3) is 0.529. The predicted octanol–water partition coefficient (Wildman–Crippen LogP) is 3.65. The van der Waals surface area contributed by atoms with Crippen LogP contribution in [-0.2, 0) is 0 Å². The summed E-state index contributed by atoms with van der Waals surface area (Å²) in [6.45, 7) is 2.14. The van der Waals surface area contributed by atoms with Gasteiger partial charge in [0, 0.05) is 11.6 Å². The number of nitrogens with zero attached hydrogens (tertiary/aromatic N) is 1. The zero-order valence-corrected chi connectivity index (χ0v) is 12.1. The van der Waals surface area contributed by atoms with Crippen LogP contribution in [0.2, 0.25) is 0 Å². The fourth-order valence-electron chi connectivity index (χ4n) is 3.04. The van der Waals surface area contributed by atoms with Gasteiger partial charge in [-0.15, -0.1) is 0 Å². The van der Waals surface area contributed by atoms with E-state index in [1.807, 2.05) is 0 Å². The molecule has 1 N–H and O–H groups in total. The Bertz CT molecular complexity index is 481. The second-order valence-corrected chi connectivity index (χ2v) is 5.58. The van der Waals surface area contributed by atoms with Crippen molar-refractivity contribution < 1.29 is 4.79 Å². The molecule has 1 atom stereocenters. The Labute approximate surface area is 121 Å². The van der Waals surface area contributed by atoms with E-state index in [2.05, 4.69) is 18.3 Å². The monoisotopic (exact) mass is 270 g/mol. The van der Waals surface area contributed by atoms with Crippen molar-refractivity contribution in [1.82, 2.24) is 5.32 Å². The molecule has 2 rings (SSSR count). The Morgan fingerprint density at radius 3 is 2.50 bits per heavy atom. The average Bonchev–Trinajstić information content (AvgIpc) is 2.53. The van der Waals surface area contributed by atoms with Crippen LogP contribution in [0, 0.1) is 17.2 Å². The highest BCUT2D eigenvalue weighted by Crippen LogP contribution is 2.27. The van der Waals surface area contributed by atoms with E-state index >= 15 is 0 Å². The molecule has 1 aliphatic rings. The van der Waals surface area contributed by atoms with Gasteiger partial charge in [0.15, 0.2) is 0 Å². The molecule has 3 nitrogen and oxygen atoms in total. The quantitative estimate of drug-likeness (QED) is 0.908. The smallest absolute Gasteiger partial charge is 0.251 e. The molecule has 1 aromatic carbocycles. The fourth-order valence-corrected chi connectivity index (χ4v) is 3.04. The first-order valence-corrected chi connectivity index (χ1v) is 7.55. The first-order valence-electron chi connectivity index (χ1n) is 7.55. The van der Waals surface area contributed by atoms with E-state index in [1.54, 1.807) is 24.3 Å². The number of hydrogen-bond donors (Lipinski definition) is 1. The maximum absolute atomic E-state index is 12.3. The standard InChI is InChI=1S/C17H22N2O/c1-2-16(14-6-4-3-5-7-14)19-17(20)15-10-8-13(12-18)9-11-15/h8-11,14,16H,2-7H2,1H3,(H,19,20). The van der Waals surface area contributed by atoms with Gasteiger partial charge in [-0.1, -0.05) is 26.2 Å². The molecule has 1 aliphatic carbocycles. The highest BCUT2D eigenvalue weighted by molar-refractivity contribution is 5.94. The van der Waals surface area contributed by atoms with Crippen molar-refractivity contribution in [3.8, 4) is 6.07 Å². The van der Waals surface area contributed by atoms with Crippen molar-refractivity contribution in [3.63, 3.8) is 0 Å². The summed E-state index contributed by atoms with van der Waals surface area (Å²) in [5.41, 5.74) is 1.22. The lowest BCUT2D eigenvalue weighted by molar-refractivity contribution is 0.0911. The van der Waals surface area contributed by atoms with E-state index in [0.717, 1.165) is 6.42 Å². The van der Waals surface area contributed by atoms with Crippen molar-refractivity contribution >= 4 is 5.91 Å². The molecule has 0 heterocycles. The summed E-state index contributed by atoms with van der Waals surface area (Å²) in [6.07, 6.45) is 7.34. The van der Waals surface area contributed by atoms with Crippen molar-refractivity contribution in [2.75, 3.05) is 0 Å². The van der Waals surface area contributed by atoms with Gasteiger partial charge >= 0.3 is 0 Å². The van der Waals surface area contributed by atoms with Gasteiger partial charge in [0.25, 0.3) is 5.91 Å². The third kappa shape index (κ3) is 3.60. The molecule has 0 radical (unpaired) electrons. The molecule has 1 saturated carbocycles. The highest BCUT2D eigenvalue weighted by Gasteiger charge is 2.23. The number of nitrogens with one attached hydrogen (secondary N) is 1. The number of carbonyl (C=O) groups excluding carboxylic acids is 1. The molecule has 0 aliphatic heterocycles. The maximum atomic E-state index is 12.3. The van der Waals surface area contributed by atoms with E-state index in [0.29, 0.717) is 17.0 Å². The minimum atomic E-state index is -0.0214. The molecule has 1 aromatic rings. The van der Waals surface area contributed by atoms with Gasteiger partial charge in [-0.05, 0) is 49.4 Å². The van der Waals surface area contributed by atoms with Crippen LogP contribution in [0.3, 0.4) is 0 Å². The van der Waals surface area contributed by atoms with Crippen LogP contribution >= 0.6 is 0 Å². The van der Waals surface area contributed by atoms with Gasteiger partial charge in [0.1, 0.15) is 0 Å². The third-order valence-corrected chi connectivity index (χ3v) is 4.25. The summed E-state index contributed by atoms with van der Waals surface area (Å²) in [7, 11) is 0. The van der Waals surface area contributed by atoms with Crippen molar-refractivity contribution in [1.29, 1.82) is 5.26 Å². The first kappa shape index (κ1) is 14.6. The van der Waals surface area contributed by atoms with Crippen LogP contribution in [0.15, 0.2) is 24.3 Å². The lowest BCUT2D eigenvalue weighted by atomic mass is 9.83. The molecule has 20 heavy (non-hydrogen) atoms. The van der Waals surface area contributed by atoms with Gasteiger partial charge in [-0.2, -0.15) is 5.26 Å². The van der Waals surface area contributed by atoms with E-state index in [-0.39, 0.29) is 11.9 Å². The van der Waals surface area contributed by atoms with Crippen LogP contribution in [0.25, 0.3) is 0 Å². The molecule has 0 spiro atoms. The molecular weight excluding hydrogens is 248 g/mol. The van der Waals surface area contributed by atoms with Crippen molar-refractivity contribution in [3.05, 3.63) is 35.4 Å². The van der Waals surface area contributed by atoms with Crippen LogP contribution in [0.5, 0.6) is 0 Å². The number of hydrogen-bond acceptors (Lipinski definition) is 2. The summed E-state index contributed by atoms with van der Waals surface area (Å²) < 4.78 is 0. The van der Waals surface area contributed by atoms with Crippen LogP contribution in [0.4, 0.5) is 0 Å². The van der Waals surface area contributed by atoms with Gasteiger partial charge in [-0.3, -0.25) is 4.79 Å². The minimum Gasteiger partial charge on any atom is -0.349 e. The SMILES string of the molecule is CCC(NC(=O)c1ccc(C#N)cc1)C1CCCCC1. The number of benzene rings is 1. The molecule has 1 amide bonds. The number of rotatable bonds is 4. The molecule has 0 saturated heterocycles. The molecule has 106 valence electrons. The number of nitriles is 1.